The predicted octanol–water partition coefficient (Wildman–Crippen LogP) is 4.02. The van der Waals surface area contributed by atoms with Crippen LogP contribution >= 0.6 is 34.8 Å². The van der Waals surface area contributed by atoms with Crippen LogP contribution in [0.15, 0.2) is 53.5 Å². The molecule has 1 aromatic carbocycles. The fraction of sp³-hybridized carbons (Fsp3) is 0.250. The number of halogens is 3. The van der Waals surface area contributed by atoms with E-state index >= 15 is 0 Å². The summed E-state index contributed by atoms with van der Waals surface area (Å²) in [6.07, 6.45) is 1.62. The Hall–Kier alpha value is -2.08. The summed E-state index contributed by atoms with van der Waals surface area (Å²) in [4.78, 5) is 32.0. The number of nitrogens with zero attached hydrogens (tertiary/aromatic N) is 3. The van der Waals surface area contributed by atoms with Crippen LogP contribution in [0, 0.1) is 0 Å². The number of rotatable bonds is 7. The summed E-state index contributed by atoms with van der Waals surface area (Å²) in [7, 11) is 0. The Kier molecular flexibility index (Phi) is 6.94. The van der Waals surface area contributed by atoms with Gasteiger partial charge in [0.05, 0.1) is 6.54 Å². The van der Waals surface area contributed by atoms with Crippen LogP contribution in [-0.4, -0.2) is 45.2 Å². The number of alkyl halides is 2. The number of benzene rings is 1. The third-order valence-corrected chi connectivity index (χ3v) is 4.92. The molecule has 146 valence electrons. The van der Waals surface area contributed by atoms with E-state index in [1.54, 1.807) is 30.5 Å². The van der Waals surface area contributed by atoms with Crippen molar-refractivity contribution < 1.29 is 4.79 Å². The maximum absolute atomic E-state index is 13.2. The number of fused-ring (bicyclic) bond motifs is 1. The molecule has 0 aliphatic heterocycles. The maximum atomic E-state index is 13.2. The van der Waals surface area contributed by atoms with Crippen molar-refractivity contribution in [2.45, 2.75) is 6.54 Å². The van der Waals surface area contributed by atoms with Crippen molar-refractivity contribution >= 4 is 51.7 Å². The highest BCUT2D eigenvalue weighted by atomic mass is 35.5. The van der Waals surface area contributed by atoms with Gasteiger partial charge in [0.2, 0.25) is 0 Å². The molecule has 5 nitrogen and oxygen atoms in total. The first-order valence-electron chi connectivity index (χ1n) is 8.69. The van der Waals surface area contributed by atoms with Crippen LogP contribution in [0.5, 0.6) is 0 Å². The van der Waals surface area contributed by atoms with Gasteiger partial charge in [-0.3, -0.25) is 14.2 Å². The molecule has 8 heteroatoms. The number of carbonyl (C=O) groups excluding carboxylic acids is 1. The third kappa shape index (κ3) is 4.49. The van der Waals surface area contributed by atoms with Crippen molar-refractivity contribution in [2.75, 3.05) is 24.8 Å². The van der Waals surface area contributed by atoms with E-state index in [-0.39, 0.29) is 29.8 Å². The second-order valence-corrected chi connectivity index (χ2v) is 7.35. The summed E-state index contributed by atoms with van der Waals surface area (Å²) in [6.45, 7) is 0.902. The van der Waals surface area contributed by atoms with E-state index in [0.717, 1.165) is 5.56 Å². The van der Waals surface area contributed by atoms with E-state index in [0.29, 0.717) is 29.1 Å². The lowest BCUT2D eigenvalue weighted by atomic mass is 10.1. The molecule has 0 unspecified atom stereocenters. The number of carbonyl (C=O) groups is 1. The maximum Gasteiger partial charge on any atom is 0.265 e. The Labute approximate surface area is 177 Å². The van der Waals surface area contributed by atoms with Crippen LogP contribution in [0.25, 0.3) is 11.0 Å². The highest BCUT2D eigenvalue weighted by molar-refractivity contribution is 6.30. The zero-order chi connectivity index (χ0) is 20.1. The van der Waals surface area contributed by atoms with E-state index in [2.05, 4.69) is 4.98 Å². The Morgan fingerprint density at radius 1 is 1.07 bits per heavy atom. The molecule has 0 spiro atoms. The summed E-state index contributed by atoms with van der Waals surface area (Å²) in [5, 5.41) is 1.32. The summed E-state index contributed by atoms with van der Waals surface area (Å²) >= 11 is 17.6. The van der Waals surface area contributed by atoms with Crippen molar-refractivity contribution in [3.05, 3.63) is 75.2 Å². The predicted molar refractivity (Wildman–Crippen MR) is 114 cm³/mol. The number of hydrogen-bond donors (Lipinski definition) is 0. The van der Waals surface area contributed by atoms with E-state index in [1.807, 2.05) is 18.2 Å². The number of amides is 1. The fourth-order valence-corrected chi connectivity index (χ4v) is 3.50. The first kappa shape index (κ1) is 20.6. The zero-order valence-electron chi connectivity index (χ0n) is 14.9. The summed E-state index contributed by atoms with van der Waals surface area (Å²) in [5.74, 6) is 0.134. The monoisotopic (exact) mass is 437 g/mol. The van der Waals surface area contributed by atoms with Crippen molar-refractivity contribution in [3.8, 4) is 0 Å². The molecule has 2 heterocycles. The van der Waals surface area contributed by atoms with Gasteiger partial charge in [0.1, 0.15) is 11.2 Å². The summed E-state index contributed by atoms with van der Waals surface area (Å²) in [6, 6.07) is 12.4. The first-order valence-corrected chi connectivity index (χ1v) is 10.1. The van der Waals surface area contributed by atoms with E-state index in [1.165, 1.54) is 9.47 Å². The smallest absolute Gasteiger partial charge is 0.265 e. The van der Waals surface area contributed by atoms with Gasteiger partial charge in [-0.15, -0.1) is 23.2 Å². The molecular formula is C20H18Cl3N3O2. The molecular weight excluding hydrogens is 421 g/mol. The van der Waals surface area contributed by atoms with Gasteiger partial charge in [0, 0.05) is 41.5 Å². The number of aromatic nitrogens is 2. The van der Waals surface area contributed by atoms with Gasteiger partial charge < -0.3 is 4.90 Å². The van der Waals surface area contributed by atoms with Crippen molar-refractivity contribution in [1.82, 2.24) is 14.5 Å². The normalized spacial score (nSPS) is 11.0. The Bertz CT molecular complexity index is 1030. The van der Waals surface area contributed by atoms with Gasteiger partial charge >= 0.3 is 0 Å². The number of hydrogen-bond acceptors (Lipinski definition) is 3. The zero-order valence-corrected chi connectivity index (χ0v) is 17.2. The molecule has 0 N–H and O–H groups in total. The molecule has 0 saturated carbocycles. The fourth-order valence-electron chi connectivity index (χ4n) is 2.97. The van der Waals surface area contributed by atoms with Gasteiger partial charge in [-0.1, -0.05) is 23.7 Å². The van der Waals surface area contributed by atoms with Crippen molar-refractivity contribution in [3.63, 3.8) is 0 Å². The topological polar surface area (TPSA) is 55.2 Å². The van der Waals surface area contributed by atoms with Crippen LogP contribution in [0.3, 0.4) is 0 Å². The minimum absolute atomic E-state index is 0.0738. The summed E-state index contributed by atoms with van der Waals surface area (Å²) < 4.78 is 1.51. The summed E-state index contributed by atoms with van der Waals surface area (Å²) in [5.41, 5.74) is 1.06. The van der Waals surface area contributed by atoms with Gasteiger partial charge in [-0.2, -0.15) is 0 Å². The number of pyridine rings is 2. The molecule has 0 bridgehead atoms. The third-order valence-electron chi connectivity index (χ3n) is 4.33. The van der Waals surface area contributed by atoms with Crippen LogP contribution < -0.4 is 5.56 Å². The largest absolute Gasteiger partial charge is 0.336 e. The van der Waals surface area contributed by atoms with Crippen LogP contribution in [0.2, 0.25) is 5.02 Å². The van der Waals surface area contributed by atoms with Gasteiger partial charge in [0.15, 0.2) is 0 Å². The molecule has 3 aromatic rings. The highest BCUT2D eigenvalue weighted by Gasteiger charge is 2.21. The lowest BCUT2D eigenvalue weighted by Crippen LogP contribution is -2.39. The van der Waals surface area contributed by atoms with Gasteiger partial charge in [0.25, 0.3) is 11.5 Å². The van der Waals surface area contributed by atoms with Gasteiger partial charge in [-0.25, -0.2) is 4.98 Å². The van der Waals surface area contributed by atoms with Crippen LogP contribution in [0.4, 0.5) is 0 Å². The quantitative estimate of drug-likeness (QED) is 0.524. The van der Waals surface area contributed by atoms with Crippen molar-refractivity contribution in [1.29, 1.82) is 0 Å². The lowest BCUT2D eigenvalue weighted by Gasteiger charge is -2.21. The average molecular weight is 439 g/mol. The van der Waals surface area contributed by atoms with E-state index < -0.39 is 5.56 Å². The average Bonchev–Trinajstić information content (AvgIpc) is 2.70. The molecule has 0 saturated heterocycles. The lowest BCUT2D eigenvalue weighted by molar-refractivity contribution is 0.0773. The Morgan fingerprint density at radius 3 is 2.39 bits per heavy atom. The molecule has 2 aromatic heterocycles. The molecule has 28 heavy (non-hydrogen) atoms. The second kappa shape index (κ2) is 9.41. The van der Waals surface area contributed by atoms with E-state index in [9.17, 15) is 9.59 Å². The standard InChI is InChI=1S/C20H18Cl3N3O2/c21-7-10-25(11-8-22)19(27)17-12-15-2-1-9-24-18(15)26(20(17)28)13-14-3-5-16(23)6-4-14/h1-6,9,12H,7-8,10-11,13H2. The molecule has 0 fully saturated rings. The van der Waals surface area contributed by atoms with Crippen LogP contribution in [-0.2, 0) is 6.54 Å². The Balaban J connectivity index is 2.12. The van der Waals surface area contributed by atoms with Crippen molar-refractivity contribution in [2.24, 2.45) is 0 Å². The molecule has 1 amide bonds. The molecule has 0 aliphatic rings. The van der Waals surface area contributed by atoms with E-state index in [4.69, 9.17) is 34.8 Å². The second-order valence-electron chi connectivity index (χ2n) is 6.16. The first-order chi connectivity index (χ1) is 13.5. The molecule has 0 radical (unpaired) electrons. The highest BCUT2D eigenvalue weighted by Crippen LogP contribution is 2.16. The Morgan fingerprint density at radius 2 is 1.75 bits per heavy atom. The molecule has 0 aliphatic carbocycles. The molecule has 3 rings (SSSR count). The van der Waals surface area contributed by atoms with Gasteiger partial charge in [-0.05, 0) is 35.9 Å². The minimum Gasteiger partial charge on any atom is -0.336 e. The molecule has 0 atom stereocenters. The van der Waals surface area contributed by atoms with Crippen LogP contribution in [0.1, 0.15) is 15.9 Å². The SMILES string of the molecule is O=C(c1cc2cccnc2n(Cc2ccc(Cl)cc2)c1=O)N(CCCl)CCCl. The minimum atomic E-state index is -0.403.